The van der Waals surface area contributed by atoms with Gasteiger partial charge in [0.1, 0.15) is 28.7 Å². The van der Waals surface area contributed by atoms with Gasteiger partial charge in [-0.2, -0.15) is 0 Å². The van der Waals surface area contributed by atoms with Crippen molar-refractivity contribution in [3.63, 3.8) is 0 Å². The van der Waals surface area contributed by atoms with E-state index in [1.807, 2.05) is 34.6 Å². The van der Waals surface area contributed by atoms with Crippen molar-refractivity contribution >= 4 is 41.4 Å². The maximum Gasteiger partial charge on any atom is 0.246 e. The molecular formula is C38H70N8O8. The lowest BCUT2D eigenvalue weighted by Gasteiger charge is -2.33. The van der Waals surface area contributed by atoms with Gasteiger partial charge in [-0.15, -0.1) is 0 Å². The Bertz CT molecular complexity index is 1280. The lowest BCUT2D eigenvalue weighted by atomic mass is 9.96. The summed E-state index contributed by atoms with van der Waals surface area (Å²) in [7, 11) is 0. The summed E-state index contributed by atoms with van der Waals surface area (Å²) < 4.78 is 5.33. The maximum atomic E-state index is 13.7. The second kappa shape index (κ2) is 22.6. The van der Waals surface area contributed by atoms with Crippen LogP contribution in [-0.4, -0.2) is 121 Å². The molecule has 1 rings (SSSR count). The number of unbranched alkanes of at least 4 members (excludes halogenated alkanes) is 1. The molecule has 0 spiro atoms. The van der Waals surface area contributed by atoms with Crippen LogP contribution in [0.4, 0.5) is 0 Å². The summed E-state index contributed by atoms with van der Waals surface area (Å²) in [6.45, 7) is 23.0. The van der Waals surface area contributed by atoms with Crippen LogP contribution in [0.25, 0.3) is 0 Å². The first-order valence-electron chi connectivity index (χ1n) is 19.4. The van der Waals surface area contributed by atoms with Gasteiger partial charge in [-0.25, -0.2) is 0 Å². The topological polar surface area (TPSA) is 216 Å². The molecule has 310 valence electrons. The van der Waals surface area contributed by atoms with E-state index in [0.29, 0.717) is 32.7 Å². The van der Waals surface area contributed by atoms with Gasteiger partial charge >= 0.3 is 0 Å². The third-order valence-corrected chi connectivity index (χ3v) is 8.93. The number of ether oxygens (including phenoxy) is 1. The van der Waals surface area contributed by atoms with Gasteiger partial charge in [0, 0.05) is 45.6 Å². The Kier molecular flexibility index (Phi) is 20.1. The molecule has 2 atom stereocenters. The number of carbonyl (C=O) groups is 7. The zero-order valence-electron chi connectivity index (χ0n) is 34.7. The van der Waals surface area contributed by atoms with E-state index in [4.69, 9.17) is 4.74 Å². The summed E-state index contributed by atoms with van der Waals surface area (Å²) in [5, 5.41) is 19.2. The minimum Gasteiger partial charge on any atom is -0.379 e. The number of morpholine rings is 1. The molecule has 0 aromatic heterocycles. The number of hydrogen-bond acceptors (Lipinski definition) is 9. The summed E-state index contributed by atoms with van der Waals surface area (Å²) in [5.74, 6) is -3.36. The number of rotatable bonds is 23. The highest BCUT2D eigenvalue weighted by molar-refractivity contribution is 5.98. The van der Waals surface area contributed by atoms with Gasteiger partial charge in [-0.1, -0.05) is 41.0 Å². The van der Waals surface area contributed by atoms with Crippen molar-refractivity contribution in [2.45, 2.75) is 143 Å². The molecule has 1 aliphatic rings. The van der Waals surface area contributed by atoms with Crippen molar-refractivity contribution in [2.24, 2.45) is 11.8 Å². The summed E-state index contributed by atoms with van der Waals surface area (Å²) in [4.78, 5) is 93.9. The van der Waals surface area contributed by atoms with Crippen molar-refractivity contribution in [3.05, 3.63) is 0 Å². The summed E-state index contributed by atoms with van der Waals surface area (Å²) in [6, 6.07) is -2.04. The van der Waals surface area contributed by atoms with E-state index in [9.17, 15) is 33.6 Å². The lowest BCUT2D eigenvalue weighted by Crippen LogP contribution is -2.65. The molecule has 0 aromatic carbocycles. The summed E-state index contributed by atoms with van der Waals surface area (Å²) >= 11 is 0. The first-order valence-corrected chi connectivity index (χ1v) is 19.4. The molecule has 0 saturated carbocycles. The van der Waals surface area contributed by atoms with Crippen LogP contribution >= 0.6 is 0 Å². The third-order valence-electron chi connectivity index (χ3n) is 8.93. The van der Waals surface area contributed by atoms with Crippen LogP contribution in [0.1, 0.15) is 115 Å². The Balaban J connectivity index is 2.85. The smallest absolute Gasteiger partial charge is 0.246 e. The van der Waals surface area contributed by atoms with E-state index < -0.39 is 58.2 Å². The van der Waals surface area contributed by atoms with Gasteiger partial charge in [-0.05, 0) is 72.6 Å². The Labute approximate surface area is 322 Å². The molecule has 0 aliphatic carbocycles. The van der Waals surface area contributed by atoms with Crippen LogP contribution in [0.5, 0.6) is 0 Å². The second-order valence-electron chi connectivity index (χ2n) is 16.6. The van der Waals surface area contributed by atoms with Gasteiger partial charge in [0.15, 0.2) is 0 Å². The molecule has 7 amide bonds. The fraction of sp³-hybridized carbons (Fsp3) is 0.816. The van der Waals surface area contributed by atoms with Gasteiger partial charge in [0.2, 0.25) is 41.4 Å². The maximum absolute atomic E-state index is 13.7. The number of nitrogens with zero attached hydrogens (tertiary/aromatic N) is 1. The van der Waals surface area contributed by atoms with E-state index in [0.717, 1.165) is 19.5 Å². The highest BCUT2D eigenvalue weighted by atomic mass is 16.5. The Morgan fingerprint density at radius 2 is 1.15 bits per heavy atom. The Morgan fingerprint density at radius 1 is 0.611 bits per heavy atom. The normalized spacial score (nSPS) is 15.1. The van der Waals surface area contributed by atoms with Crippen molar-refractivity contribution in [1.82, 2.24) is 42.1 Å². The number of nitrogens with one attached hydrogen (secondary N) is 7. The zero-order chi connectivity index (χ0) is 41.3. The van der Waals surface area contributed by atoms with E-state index in [2.05, 4.69) is 42.1 Å². The van der Waals surface area contributed by atoms with Crippen molar-refractivity contribution in [1.29, 1.82) is 0 Å². The highest BCUT2D eigenvalue weighted by Gasteiger charge is 2.39. The van der Waals surface area contributed by atoms with Gasteiger partial charge < -0.3 is 42.0 Å². The molecule has 0 unspecified atom stereocenters. The molecule has 1 aliphatic heterocycles. The standard InChI is InChI=1S/C38H70N8O8/c1-12-13-14-30(48)43-37(8,9)34(52)42-27(23-25(2)3)31(49)41-28(24-26(4)5)32(50)44-38(10,11)35(53)45-36(6,7)33(51)40-16-15-29(47)39-17-18-46-19-21-54-22-20-46/h25-28H,12-24H2,1-11H3,(H,39,47)(H,40,51)(H,41,49)(H,42,52)(H,43,48)(H,44,50)(H,45,53)/t27-,28-/m0/s1. The SMILES string of the molecule is CCCCC(=O)NC(C)(C)C(=O)N[C@@H](CC(C)C)C(=O)N[C@@H](CC(C)C)C(=O)NC(C)(C)C(=O)NC(C)(C)C(=O)NCCC(=O)NCCN1CCOCC1. The summed E-state index contributed by atoms with van der Waals surface area (Å²) in [6.07, 6.45) is 2.38. The molecule has 1 heterocycles. The van der Waals surface area contributed by atoms with E-state index >= 15 is 0 Å². The molecule has 16 heteroatoms. The molecule has 0 bridgehead atoms. The minimum atomic E-state index is -1.50. The molecule has 54 heavy (non-hydrogen) atoms. The van der Waals surface area contributed by atoms with Crippen molar-refractivity contribution in [3.8, 4) is 0 Å². The molecule has 0 radical (unpaired) electrons. The summed E-state index contributed by atoms with van der Waals surface area (Å²) in [5.41, 5.74) is -4.17. The molecule has 1 saturated heterocycles. The van der Waals surface area contributed by atoms with Crippen LogP contribution in [0.2, 0.25) is 0 Å². The van der Waals surface area contributed by atoms with E-state index in [1.54, 1.807) is 13.8 Å². The number of amides is 7. The minimum absolute atomic E-state index is 0.00610. The molecule has 0 aromatic rings. The predicted octanol–water partition coefficient (Wildman–Crippen LogP) is 0.878. The zero-order valence-corrected chi connectivity index (χ0v) is 34.7. The Morgan fingerprint density at radius 3 is 1.70 bits per heavy atom. The highest BCUT2D eigenvalue weighted by Crippen LogP contribution is 2.14. The molecule has 1 fully saturated rings. The van der Waals surface area contributed by atoms with Crippen LogP contribution in [0.15, 0.2) is 0 Å². The third kappa shape index (κ3) is 18.0. The molecule has 16 nitrogen and oxygen atoms in total. The number of hydrogen-bond donors (Lipinski definition) is 7. The average molecular weight is 767 g/mol. The van der Waals surface area contributed by atoms with Gasteiger partial charge in [0.05, 0.1) is 13.2 Å². The Hall–Kier alpha value is -3.79. The molecule has 7 N–H and O–H groups in total. The monoisotopic (exact) mass is 767 g/mol. The average Bonchev–Trinajstić information content (AvgIpc) is 3.06. The first-order chi connectivity index (χ1) is 25.0. The van der Waals surface area contributed by atoms with E-state index in [-0.39, 0.29) is 55.9 Å². The largest absolute Gasteiger partial charge is 0.379 e. The van der Waals surface area contributed by atoms with Gasteiger partial charge in [-0.3, -0.25) is 38.5 Å². The van der Waals surface area contributed by atoms with Crippen LogP contribution in [-0.2, 0) is 38.3 Å². The van der Waals surface area contributed by atoms with Crippen LogP contribution in [0.3, 0.4) is 0 Å². The fourth-order valence-corrected chi connectivity index (χ4v) is 5.55. The van der Waals surface area contributed by atoms with E-state index in [1.165, 1.54) is 27.7 Å². The predicted molar refractivity (Wildman–Crippen MR) is 207 cm³/mol. The first kappa shape index (κ1) is 48.2. The number of carbonyl (C=O) groups excluding carboxylic acids is 7. The van der Waals surface area contributed by atoms with Crippen LogP contribution < -0.4 is 37.2 Å². The lowest BCUT2D eigenvalue weighted by molar-refractivity contribution is -0.139. The van der Waals surface area contributed by atoms with Crippen LogP contribution in [0, 0.1) is 11.8 Å². The fourth-order valence-electron chi connectivity index (χ4n) is 5.55. The molecular weight excluding hydrogens is 696 g/mol. The van der Waals surface area contributed by atoms with Gasteiger partial charge in [0.25, 0.3) is 0 Å². The van der Waals surface area contributed by atoms with Crippen molar-refractivity contribution in [2.75, 3.05) is 45.9 Å². The quantitative estimate of drug-likeness (QED) is 0.0785. The van der Waals surface area contributed by atoms with Crippen molar-refractivity contribution < 1.29 is 38.3 Å². The second-order valence-corrected chi connectivity index (χ2v) is 16.6.